The highest BCUT2D eigenvalue weighted by Crippen LogP contribution is 2.21. The van der Waals surface area contributed by atoms with E-state index in [1.54, 1.807) is 0 Å². The molecular weight excluding hydrogens is 328 g/mol. The second-order valence-corrected chi connectivity index (χ2v) is 6.97. The lowest BCUT2D eigenvalue weighted by atomic mass is 9.95. The summed E-state index contributed by atoms with van der Waals surface area (Å²) in [7, 11) is 0. The number of hydrogen-bond donors (Lipinski definition) is 0. The Kier molecular flexibility index (Phi) is 7.09. The molecule has 1 aromatic carbocycles. The van der Waals surface area contributed by atoms with Crippen molar-refractivity contribution in [3.63, 3.8) is 0 Å². The summed E-state index contributed by atoms with van der Waals surface area (Å²) in [5.74, 6) is 1.72. The van der Waals surface area contributed by atoms with Crippen LogP contribution in [0.25, 0.3) is 6.08 Å². The summed E-state index contributed by atoms with van der Waals surface area (Å²) in [6.45, 7) is 8.15. The number of nitrogens with zero attached hydrogens (tertiary/aromatic N) is 2. The summed E-state index contributed by atoms with van der Waals surface area (Å²) in [5.41, 5.74) is 1.17. The Morgan fingerprint density at radius 2 is 2.00 bits per heavy atom. The molecule has 1 aromatic rings. The lowest BCUT2D eigenvalue weighted by Crippen LogP contribution is -2.46. The van der Waals surface area contributed by atoms with Crippen LogP contribution in [-0.2, 0) is 9.53 Å². The molecule has 26 heavy (non-hydrogen) atoms. The molecule has 0 unspecified atom stereocenters. The van der Waals surface area contributed by atoms with Crippen molar-refractivity contribution in [3.05, 3.63) is 35.9 Å². The summed E-state index contributed by atoms with van der Waals surface area (Å²) in [6, 6.07) is 8.18. The number of morpholine rings is 1. The number of carbonyl (C=O) groups is 1. The Morgan fingerprint density at radius 3 is 2.73 bits per heavy atom. The van der Waals surface area contributed by atoms with Crippen LogP contribution < -0.4 is 4.74 Å². The van der Waals surface area contributed by atoms with Gasteiger partial charge in [0.25, 0.3) is 0 Å². The van der Waals surface area contributed by atoms with Gasteiger partial charge in [-0.15, -0.1) is 0 Å². The number of rotatable bonds is 6. The maximum Gasteiger partial charge on any atom is 0.236 e. The average molecular weight is 358 g/mol. The van der Waals surface area contributed by atoms with Crippen LogP contribution >= 0.6 is 0 Å². The molecule has 0 radical (unpaired) electrons. The van der Waals surface area contributed by atoms with Crippen molar-refractivity contribution in [2.45, 2.75) is 19.8 Å². The number of hydrogen-bond acceptors (Lipinski definition) is 4. The molecule has 2 saturated heterocycles. The Morgan fingerprint density at radius 1 is 1.23 bits per heavy atom. The van der Waals surface area contributed by atoms with E-state index in [1.165, 1.54) is 5.56 Å². The molecule has 3 rings (SSSR count). The first kappa shape index (κ1) is 18.9. The standard InChI is InChI=1S/C21H30N2O3/c1-2-26-20-5-3-4-19(16-20)7-6-18-8-10-23(11-9-18)21(24)17-22-12-14-25-15-13-22/h3-7,16,18H,2,8-15,17H2,1H3/b7-6+. The van der Waals surface area contributed by atoms with Gasteiger partial charge in [-0.3, -0.25) is 9.69 Å². The summed E-state index contributed by atoms with van der Waals surface area (Å²) in [6.07, 6.45) is 6.54. The molecule has 2 fully saturated rings. The van der Waals surface area contributed by atoms with E-state index in [2.05, 4.69) is 29.2 Å². The normalized spacial score (nSPS) is 19.8. The molecule has 2 aliphatic rings. The maximum atomic E-state index is 12.5. The molecule has 0 saturated carbocycles. The highest BCUT2D eigenvalue weighted by Gasteiger charge is 2.23. The number of carbonyl (C=O) groups excluding carboxylic acids is 1. The molecule has 5 nitrogen and oxygen atoms in total. The van der Waals surface area contributed by atoms with E-state index in [0.717, 1.165) is 58.0 Å². The summed E-state index contributed by atoms with van der Waals surface area (Å²) in [5, 5.41) is 0. The molecule has 2 aliphatic heterocycles. The van der Waals surface area contributed by atoms with E-state index in [1.807, 2.05) is 24.0 Å². The van der Waals surface area contributed by atoms with E-state index in [0.29, 0.717) is 19.1 Å². The largest absolute Gasteiger partial charge is 0.494 e. The second kappa shape index (κ2) is 9.74. The van der Waals surface area contributed by atoms with Gasteiger partial charge in [-0.25, -0.2) is 0 Å². The minimum absolute atomic E-state index is 0.263. The Hall–Kier alpha value is -1.85. The Bertz CT molecular complexity index is 603. The fraction of sp³-hybridized carbons (Fsp3) is 0.571. The highest BCUT2D eigenvalue weighted by molar-refractivity contribution is 5.78. The van der Waals surface area contributed by atoms with Gasteiger partial charge in [0.1, 0.15) is 5.75 Å². The number of piperidine rings is 1. The number of benzene rings is 1. The fourth-order valence-electron chi connectivity index (χ4n) is 3.51. The van der Waals surface area contributed by atoms with Crippen LogP contribution in [0.3, 0.4) is 0 Å². The van der Waals surface area contributed by atoms with Crippen LogP contribution in [0, 0.1) is 5.92 Å². The van der Waals surface area contributed by atoms with Crippen molar-refractivity contribution in [2.24, 2.45) is 5.92 Å². The van der Waals surface area contributed by atoms with Crippen molar-refractivity contribution in [3.8, 4) is 5.75 Å². The first-order valence-electron chi connectivity index (χ1n) is 9.73. The molecule has 1 amide bonds. The van der Waals surface area contributed by atoms with Gasteiger partial charge in [0.15, 0.2) is 0 Å². The molecule has 142 valence electrons. The Labute approximate surface area is 156 Å². The topological polar surface area (TPSA) is 42.0 Å². The van der Waals surface area contributed by atoms with Crippen LogP contribution in [0.2, 0.25) is 0 Å². The lowest BCUT2D eigenvalue weighted by molar-refractivity contribution is -0.134. The maximum absolute atomic E-state index is 12.5. The van der Waals surface area contributed by atoms with Gasteiger partial charge in [-0.05, 0) is 43.4 Å². The molecule has 2 heterocycles. The average Bonchev–Trinajstić information content (AvgIpc) is 2.68. The molecule has 0 atom stereocenters. The van der Waals surface area contributed by atoms with Crippen molar-refractivity contribution in [1.29, 1.82) is 0 Å². The van der Waals surface area contributed by atoms with Crippen molar-refractivity contribution >= 4 is 12.0 Å². The highest BCUT2D eigenvalue weighted by atomic mass is 16.5. The van der Waals surface area contributed by atoms with Gasteiger partial charge >= 0.3 is 0 Å². The molecule has 0 aromatic heterocycles. The zero-order chi connectivity index (χ0) is 18.2. The third-order valence-corrected chi connectivity index (χ3v) is 5.08. The second-order valence-electron chi connectivity index (χ2n) is 6.97. The van der Waals surface area contributed by atoms with Gasteiger partial charge in [-0.2, -0.15) is 0 Å². The SMILES string of the molecule is CCOc1cccc(/C=C/C2CCN(C(=O)CN3CCOCC3)CC2)c1. The Balaban J connectivity index is 1.44. The van der Waals surface area contributed by atoms with Gasteiger partial charge in [-0.1, -0.05) is 24.3 Å². The number of ether oxygens (including phenoxy) is 2. The third kappa shape index (κ3) is 5.58. The minimum atomic E-state index is 0.263. The molecule has 0 bridgehead atoms. The molecule has 5 heteroatoms. The van der Waals surface area contributed by atoms with Gasteiger partial charge in [0.05, 0.1) is 26.4 Å². The van der Waals surface area contributed by atoms with E-state index in [-0.39, 0.29) is 5.91 Å². The molecule has 0 aliphatic carbocycles. The smallest absolute Gasteiger partial charge is 0.236 e. The third-order valence-electron chi connectivity index (χ3n) is 5.08. The predicted octanol–water partition coefficient (Wildman–Crippen LogP) is 2.67. The predicted molar refractivity (Wildman–Crippen MR) is 103 cm³/mol. The lowest BCUT2D eigenvalue weighted by Gasteiger charge is -2.33. The van der Waals surface area contributed by atoms with Gasteiger partial charge in [0.2, 0.25) is 5.91 Å². The first-order chi connectivity index (χ1) is 12.7. The van der Waals surface area contributed by atoms with Crippen LogP contribution in [0.5, 0.6) is 5.75 Å². The summed E-state index contributed by atoms with van der Waals surface area (Å²) >= 11 is 0. The molecule has 0 spiro atoms. The van der Waals surface area contributed by atoms with Crippen molar-refractivity contribution < 1.29 is 14.3 Å². The van der Waals surface area contributed by atoms with E-state index >= 15 is 0 Å². The minimum Gasteiger partial charge on any atom is -0.494 e. The van der Waals surface area contributed by atoms with Gasteiger partial charge < -0.3 is 14.4 Å². The van der Waals surface area contributed by atoms with Crippen LogP contribution in [-0.4, -0.2) is 68.3 Å². The van der Waals surface area contributed by atoms with E-state index in [9.17, 15) is 4.79 Å². The van der Waals surface area contributed by atoms with Gasteiger partial charge in [0, 0.05) is 26.2 Å². The number of amides is 1. The summed E-state index contributed by atoms with van der Waals surface area (Å²) < 4.78 is 10.9. The monoisotopic (exact) mass is 358 g/mol. The van der Waals surface area contributed by atoms with Crippen molar-refractivity contribution in [1.82, 2.24) is 9.80 Å². The number of likely N-dealkylation sites (tertiary alicyclic amines) is 1. The van der Waals surface area contributed by atoms with Crippen LogP contribution in [0.15, 0.2) is 30.3 Å². The zero-order valence-corrected chi connectivity index (χ0v) is 15.7. The zero-order valence-electron chi connectivity index (χ0n) is 15.7. The van der Waals surface area contributed by atoms with E-state index < -0.39 is 0 Å². The number of allylic oxidation sites excluding steroid dienone is 1. The summed E-state index contributed by atoms with van der Waals surface area (Å²) in [4.78, 5) is 16.7. The molecule has 0 N–H and O–H groups in total. The van der Waals surface area contributed by atoms with E-state index in [4.69, 9.17) is 9.47 Å². The first-order valence-corrected chi connectivity index (χ1v) is 9.73. The van der Waals surface area contributed by atoms with Crippen molar-refractivity contribution in [2.75, 3.05) is 52.5 Å². The fourth-order valence-corrected chi connectivity index (χ4v) is 3.51. The van der Waals surface area contributed by atoms with Crippen LogP contribution in [0.1, 0.15) is 25.3 Å². The quantitative estimate of drug-likeness (QED) is 0.784. The van der Waals surface area contributed by atoms with Crippen LogP contribution in [0.4, 0.5) is 0 Å². The molecular formula is C21H30N2O3.